The monoisotopic (exact) mass is 352 g/mol. The topological polar surface area (TPSA) is 241 Å². The number of aliphatic hydroxyl groups excluding tert-OH is 4. The summed E-state index contributed by atoms with van der Waals surface area (Å²) < 4.78 is 4.34. The first-order valence-electron chi connectivity index (χ1n) is 6.32. The van der Waals surface area contributed by atoms with Gasteiger partial charge in [-0.2, -0.15) is 0 Å². The number of primary amides is 1. The lowest BCUT2D eigenvalue weighted by atomic mass is 9.99. The second kappa shape index (κ2) is 7.84. The molecule has 24 heavy (non-hydrogen) atoms. The van der Waals surface area contributed by atoms with Crippen LogP contribution in [0.4, 0.5) is 9.59 Å². The Balaban J connectivity index is 0.000000243. The molecule has 2 saturated heterocycles. The summed E-state index contributed by atoms with van der Waals surface area (Å²) in [5.74, 6) is -2.13. The van der Waals surface area contributed by atoms with E-state index in [0.29, 0.717) is 0 Å². The summed E-state index contributed by atoms with van der Waals surface area (Å²) in [6.07, 6.45) is -9.76. The average molecular weight is 352 g/mol. The van der Waals surface area contributed by atoms with Crippen LogP contribution in [0.15, 0.2) is 0 Å². The molecule has 2 heterocycles. The second-order valence-electron chi connectivity index (χ2n) is 4.66. The van der Waals surface area contributed by atoms with Crippen LogP contribution in [0.25, 0.3) is 0 Å². The van der Waals surface area contributed by atoms with Gasteiger partial charge in [0.1, 0.15) is 18.3 Å². The van der Waals surface area contributed by atoms with Crippen LogP contribution < -0.4 is 21.7 Å². The number of carboxylic acids is 1. The van der Waals surface area contributed by atoms with Crippen molar-refractivity contribution < 1.29 is 49.4 Å². The van der Waals surface area contributed by atoms with Crippen LogP contribution in [-0.4, -0.2) is 86.3 Å². The van der Waals surface area contributed by atoms with Gasteiger partial charge in [-0.05, 0) is 0 Å². The smallest absolute Gasteiger partial charge is 0.335 e. The highest BCUT2D eigenvalue weighted by Gasteiger charge is 2.46. The summed E-state index contributed by atoms with van der Waals surface area (Å²) >= 11 is 0. The van der Waals surface area contributed by atoms with E-state index in [0.717, 1.165) is 0 Å². The van der Waals surface area contributed by atoms with Gasteiger partial charge in [-0.25, -0.2) is 14.4 Å². The molecule has 2 aliphatic heterocycles. The van der Waals surface area contributed by atoms with Gasteiger partial charge in [0, 0.05) is 0 Å². The number of carboxylic acid groups (broad SMARTS) is 1. The molecule has 0 aromatic rings. The lowest BCUT2D eigenvalue weighted by Gasteiger charge is -2.36. The first kappa shape index (κ1) is 19.5. The third kappa shape index (κ3) is 4.74. The van der Waals surface area contributed by atoms with E-state index in [1.807, 2.05) is 10.6 Å². The predicted octanol–water partition coefficient (Wildman–Crippen LogP) is -5.31. The van der Waals surface area contributed by atoms with Crippen LogP contribution in [0.3, 0.4) is 0 Å². The zero-order valence-electron chi connectivity index (χ0n) is 11.8. The van der Waals surface area contributed by atoms with Gasteiger partial charge in [-0.1, -0.05) is 0 Å². The maximum Gasteiger partial charge on any atom is 0.335 e. The van der Waals surface area contributed by atoms with Crippen LogP contribution >= 0.6 is 0 Å². The summed E-state index contributed by atoms with van der Waals surface area (Å²) in [6, 6.07) is -1.51. The lowest BCUT2D eigenvalue weighted by Crippen LogP contribution is -2.59. The molecule has 2 aliphatic rings. The predicted molar refractivity (Wildman–Crippen MR) is 69.7 cm³/mol. The number of ether oxygens (including phenoxy) is 1. The number of carbonyl (C=O) groups excluding carboxylic acids is 3. The van der Waals surface area contributed by atoms with Crippen LogP contribution in [0.1, 0.15) is 0 Å². The molecular formula is C10H16N4O10. The third-order valence-electron chi connectivity index (χ3n) is 2.89. The second-order valence-corrected chi connectivity index (χ2v) is 4.66. The number of rotatable bonds is 2. The minimum absolute atomic E-state index is 0.617. The molecule has 136 valence electrons. The Morgan fingerprint density at radius 2 is 1.67 bits per heavy atom. The molecule has 0 radical (unpaired) electrons. The molecule has 2 fully saturated rings. The highest BCUT2D eigenvalue weighted by Crippen LogP contribution is 2.19. The molecule has 0 aliphatic carbocycles. The molecule has 10 N–H and O–H groups in total. The third-order valence-corrected chi connectivity index (χ3v) is 2.89. The Hall–Kier alpha value is -2.52. The van der Waals surface area contributed by atoms with Crippen LogP contribution in [-0.2, 0) is 14.3 Å². The number of amides is 5. The SMILES string of the molecule is NC(=O)NC1NC(=O)NC1=O.O=C(O)[C@H]1OC(O)[C@H](O)[C@@H](O)[C@H]1O. The maximum atomic E-state index is 10.7. The summed E-state index contributed by atoms with van der Waals surface area (Å²) in [7, 11) is 0. The van der Waals surface area contributed by atoms with Crippen molar-refractivity contribution in [3.63, 3.8) is 0 Å². The lowest BCUT2D eigenvalue weighted by molar-refractivity contribution is -0.279. The van der Waals surface area contributed by atoms with Gasteiger partial charge in [0.15, 0.2) is 18.6 Å². The molecule has 14 nitrogen and oxygen atoms in total. The number of nitrogens with one attached hydrogen (secondary N) is 3. The van der Waals surface area contributed by atoms with Crippen LogP contribution in [0.2, 0.25) is 0 Å². The van der Waals surface area contributed by atoms with Gasteiger partial charge >= 0.3 is 18.0 Å². The fraction of sp³-hybridized carbons (Fsp3) is 0.600. The molecule has 2 unspecified atom stereocenters. The molecule has 0 saturated carbocycles. The van der Waals surface area contributed by atoms with Gasteiger partial charge in [0.25, 0.3) is 5.91 Å². The Labute approximate surface area is 133 Å². The molecule has 0 aromatic heterocycles. The van der Waals surface area contributed by atoms with Crippen molar-refractivity contribution in [2.45, 2.75) is 36.9 Å². The molecule has 0 aromatic carbocycles. The Bertz CT molecular complexity index is 528. The average Bonchev–Trinajstić information content (AvgIpc) is 2.78. The zero-order valence-corrected chi connectivity index (χ0v) is 11.8. The summed E-state index contributed by atoms with van der Waals surface area (Å²) in [4.78, 5) is 41.6. The minimum atomic E-state index is -1.81. The van der Waals surface area contributed by atoms with Gasteiger partial charge in [-0.15, -0.1) is 0 Å². The first-order valence-corrected chi connectivity index (χ1v) is 6.32. The number of aliphatic carboxylic acids is 1. The van der Waals surface area contributed by atoms with E-state index in [4.69, 9.17) is 31.3 Å². The standard InChI is InChI=1S/C6H10O7.C4H6N4O3/c7-1-2(8)4(5(10)11)13-6(12)3(1)9;5-3(10)6-1-2(9)8-4(11)7-1/h1-4,6-9,12H,(H,10,11);1H,(H3,5,6,10)(H2,7,8,9,11)/t1-,2+,3+,4-,6?;/m0./s1. The van der Waals surface area contributed by atoms with Gasteiger partial charge in [0.05, 0.1) is 0 Å². The van der Waals surface area contributed by atoms with Crippen molar-refractivity contribution in [3.8, 4) is 0 Å². The van der Waals surface area contributed by atoms with Gasteiger partial charge < -0.3 is 46.6 Å². The Morgan fingerprint density at radius 1 is 1.08 bits per heavy atom. The number of hydrogen-bond donors (Lipinski definition) is 9. The van der Waals surface area contributed by atoms with E-state index in [1.54, 1.807) is 0 Å². The first-order chi connectivity index (χ1) is 11.0. The van der Waals surface area contributed by atoms with Gasteiger partial charge in [-0.3, -0.25) is 10.1 Å². The molecule has 0 bridgehead atoms. The summed E-state index contributed by atoms with van der Waals surface area (Å²) in [6.45, 7) is 0. The number of urea groups is 2. The van der Waals surface area contributed by atoms with E-state index in [2.05, 4.69) is 10.1 Å². The number of nitrogens with two attached hydrogens (primary N) is 1. The van der Waals surface area contributed by atoms with Crippen LogP contribution in [0, 0.1) is 0 Å². The molecule has 14 heteroatoms. The van der Waals surface area contributed by atoms with Crippen molar-refractivity contribution in [3.05, 3.63) is 0 Å². The van der Waals surface area contributed by atoms with E-state index in [9.17, 15) is 19.2 Å². The fourth-order valence-corrected chi connectivity index (χ4v) is 1.73. The molecular weight excluding hydrogens is 336 g/mol. The number of carbonyl (C=O) groups is 4. The number of hydrogen-bond acceptors (Lipinski definition) is 9. The van der Waals surface area contributed by atoms with E-state index in [1.165, 1.54) is 0 Å². The van der Waals surface area contributed by atoms with Crippen molar-refractivity contribution in [2.75, 3.05) is 0 Å². The van der Waals surface area contributed by atoms with Crippen LogP contribution in [0.5, 0.6) is 0 Å². The molecule has 5 amide bonds. The van der Waals surface area contributed by atoms with Crippen molar-refractivity contribution >= 4 is 23.9 Å². The minimum Gasteiger partial charge on any atom is -0.479 e. The number of aliphatic hydroxyl groups is 4. The van der Waals surface area contributed by atoms with Crippen molar-refractivity contribution in [2.24, 2.45) is 5.73 Å². The summed E-state index contributed by atoms with van der Waals surface area (Å²) in [5, 5.41) is 50.4. The quantitative estimate of drug-likeness (QED) is 0.214. The zero-order chi connectivity index (χ0) is 18.6. The fourth-order valence-electron chi connectivity index (χ4n) is 1.73. The Morgan fingerprint density at radius 3 is 2.08 bits per heavy atom. The summed E-state index contributed by atoms with van der Waals surface area (Å²) in [5.41, 5.74) is 4.70. The van der Waals surface area contributed by atoms with E-state index >= 15 is 0 Å². The molecule has 6 atom stereocenters. The maximum absolute atomic E-state index is 10.7. The largest absolute Gasteiger partial charge is 0.479 e. The number of imide groups is 1. The molecule has 0 spiro atoms. The van der Waals surface area contributed by atoms with E-state index < -0.39 is 60.8 Å². The van der Waals surface area contributed by atoms with Crippen molar-refractivity contribution in [1.29, 1.82) is 0 Å². The highest BCUT2D eigenvalue weighted by molar-refractivity contribution is 6.05. The van der Waals surface area contributed by atoms with Gasteiger partial charge in [0.2, 0.25) is 0 Å². The Kier molecular flexibility index (Phi) is 6.38. The molecule has 2 rings (SSSR count). The van der Waals surface area contributed by atoms with Crippen molar-refractivity contribution in [1.82, 2.24) is 16.0 Å². The highest BCUT2D eigenvalue weighted by atomic mass is 16.6. The normalized spacial score (nSPS) is 35.2. The van der Waals surface area contributed by atoms with E-state index in [-0.39, 0.29) is 0 Å².